The molecule has 0 aliphatic carbocycles. The third kappa shape index (κ3) is 4.79. The van der Waals surface area contributed by atoms with Crippen LogP contribution in [0.3, 0.4) is 0 Å². The van der Waals surface area contributed by atoms with Crippen molar-refractivity contribution in [1.29, 1.82) is 0 Å². The van der Waals surface area contributed by atoms with Crippen LogP contribution in [0.15, 0.2) is 30.3 Å². The molecule has 1 aromatic rings. The predicted molar refractivity (Wildman–Crippen MR) is 92.5 cm³/mol. The van der Waals surface area contributed by atoms with Crippen LogP contribution in [0.5, 0.6) is 0 Å². The molecular weight excluding hydrogens is 304 g/mol. The fourth-order valence-electron chi connectivity index (χ4n) is 3.69. The number of hydrogen-bond acceptors (Lipinski definition) is 4. The van der Waals surface area contributed by atoms with Gasteiger partial charge in [-0.25, -0.2) is 0 Å². The summed E-state index contributed by atoms with van der Waals surface area (Å²) in [5, 5.41) is 9.03. The van der Waals surface area contributed by atoms with Gasteiger partial charge in [0.15, 0.2) is 0 Å². The van der Waals surface area contributed by atoms with Crippen molar-refractivity contribution in [3.05, 3.63) is 35.9 Å². The third-order valence-corrected chi connectivity index (χ3v) is 5.05. The van der Waals surface area contributed by atoms with Gasteiger partial charge in [-0.05, 0) is 24.3 Å². The van der Waals surface area contributed by atoms with E-state index in [-0.39, 0.29) is 18.6 Å². The zero-order valence-corrected chi connectivity index (χ0v) is 14.3. The lowest BCUT2D eigenvalue weighted by Crippen LogP contribution is -2.44. The van der Waals surface area contributed by atoms with Gasteiger partial charge in [0, 0.05) is 39.3 Å². The molecule has 0 radical (unpaired) electrons. The number of morpholine rings is 1. The summed E-state index contributed by atoms with van der Waals surface area (Å²) in [6.07, 6.45) is 2.27. The van der Waals surface area contributed by atoms with Gasteiger partial charge in [0.1, 0.15) is 0 Å². The summed E-state index contributed by atoms with van der Waals surface area (Å²) < 4.78 is 5.82. The first kappa shape index (κ1) is 17.4. The van der Waals surface area contributed by atoms with Crippen LogP contribution in [0.1, 0.15) is 24.8 Å². The minimum absolute atomic E-state index is 0.00754. The van der Waals surface area contributed by atoms with Gasteiger partial charge in [-0.15, -0.1) is 0 Å². The highest BCUT2D eigenvalue weighted by Gasteiger charge is 2.29. The fraction of sp³-hybridized carbons (Fsp3) is 0.632. The molecular formula is C19H28N2O3. The number of likely N-dealkylation sites (tertiary alicyclic amines) is 1. The van der Waals surface area contributed by atoms with Crippen LogP contribution in [-0.2, 0) is 16.1 Å². The van der Waals surface area contributed by atoms with Crippen LogP contribution in [0.2, 0.25) is 0 Å². The molecule has 1 amide bonds. The Kier molecular flexibility index (Phi) is 6.24. The lowest BCUT2D eigenvalue weighted by molar-refractivity contribution is -0.135. The van der Waals surface area contributed by atoms with Crippen molar-refractivity contribution in [3.8, 4) is 0 Å². The lowest BCUT2D eigenvalue weighted by atomic mass is 10.1. The quantitative estimate of drug-likeness (QED) is 0.858. The Hall–Kier alpha value is -1.43. The zero-order valence-electron chi connectivity index (χ0n) is 14.3. The van der Waals surface area contributed by atoms with Gasteiger partial charge in [-0.3, -0.25) is 9.69 Å². The van der Waals surface area contributed by atoms with Crippen molar-refractivity contribution < 1.29 is 14.6 Å². The highest BCUT2D eigenvalue weighted by molar-refractivity contribution is 5.77. The van der Waals surface area contributed by atoms with E-state index in [4.69, 9.17) is 9.84 Å². The van der Waals surface area contributed by atoms with E-state index >= 15 is 0 Å². The Balaban J connectivity index is 1.46. The maximum atomic E-state index is 12.5. The largest absolute Gasteiger partial charge is 0.396 e. The van der Waals surface area contributed by atoms with E-state index in [0.717, 1.165) is 45.6 Å². The summed E-state index contributed by atoms with van der Waals surface area (Å²) in [6.45, 7) is 5.17. The van der Waals surface area contributed by atoms with Gasteiger partial charge in [-0.1, -0.05) is 30.3 Å². The number of amides is 1. The zero-order chi connectivity index (χ0) is 16.8. The highest BCUT2D eigenvalue weighted by Crippen LogP contribution is 2.21. The molecule has 2 atom stereocenters. The van der Waals surface area contributed by atoms with Gasteiger partial charge in [0.2, 0.25) is 5.91 Å². The standard InChI is InChI=1S/C19H28N2O3/c22-10-7-17-6-8-21(14-17)19(23)12-18-15-20(9-11-24-18)13-16-4-2-1-3-5-16/h1-5,17-18,22H,6-15H2. The number of nitrogens with zero attached hydrogens (tertiary/aromatic N) is 2. The summed E-state index contributed by atoms with van der Waals surface area (Å²) in [5.41, 5.74) is 1.30. The molecule has 2 unspecified atom stereocenters. The topological polar surface area (TPSA) is 53.0 Å². The molecule has 0 saturated carbocycles. The maximum Gasteiger partial charge on any atom is 0.225 e. The summed E-state index contributed by atoms with van der Waals surface area (Å²) in [5.74, 6) is 0.655. The first-order chi connectivity index (χ1) is 11.7. The molecule has 5 heteroatoms. The smallest absolute Gasteiger partial charge is 0.225 e. The van der Waals surface area contributed by atoms with Crippen LogP contribution in [0.25, 0.3) is 0 Å². The minimum Gasteiger partial charge on any atom is -0.396 e. The van der Waals surface area contributed by atoms with Gasteiger partial charge in [-0.2, -0.15) is 0 Å². The Morgan fingerprint density at radius 1 is 1.21 bits per heavy atom. The van der Waals surface area contributed by atoms with Gasteiger partial charge < -0.3 is 14.7 Å². The lowest BCUT2D eigenvalue weighted by Gasteiger charge is -2.33. The second-order valence-electron chi connectivity index (χ2n) is 6.92. The number of hydrogen-bond donors (Lipinski definition) is 1. The molecule has 3 rings (SSSR count). The fourth-order valence-corrected chi connectivity index (χ4v) is 3.69. The Labute approximate surface area is 144 Å². The number of benzene rings is 1. The van der Waals surface area contributed by atoms with E-state index in [0.29, 0.717) is 18.9 Å². The molecule has 132 valence electrons. The average molecular weight is 332 g/mol. The molecule has 1 N–H and O–H groups in total. The third-order valence-electron chi connectivity index (χ3n) is 5.05. The second kappa shape index (κ2) is 8.60. The molecule has 0 bridgehead atoms. The van der Waals surface area contributed by atoms with Crippen LogP contribution < -0.4 is 0 Å². The van der Waals surface area contributed by atoms with Crippen LogP contribution >= 0.6 is 0 Å². The number of carbonyl (C=O) groups excluding carboxylic acids is 1. The summed E-state index contributed by atoms with van der Waals surface area (Å²) in [7, 11) is 0. The van der Waals surface area contributed by atoms with E-state index in [1.54, 1.807) is 0 Å². The van der Waals surface area contributed by atoms with Crippen LogP contribution in [-0.4, -0.2) is 66.3 Å². The summed E-state index contributed by atoms with van der Waals surface area (Å²) in [4.78, 5) is 16.8. The van der Waals surface area contributed by atoms with Gasteiger partial charge >= 0.3 is 0 Å². The monoisotopic (exact) mass is 332 g/mol. The van der Waals surface area contributed by atoms with E-state index in [2.05, 4.69) is 29.2 Å². The SMILES string of the molecule is O=C(CC1CN(Cc2ccccc2)CCO1)N1CCC(CCO)C1. The van der Waals surface area contributed by atoms with E-state index in [9.17, 15) is 4.79 Å². The molecule has 2 saturated heterocycles. The molecule has 5 nitrogen and oxygen atoms in total. The normalized spacial score (nSPS) is 25.1. The number of carbonyl (C=O) groups is 1. The van der Waals surface area contributed by atoms with Crippen LogP contribution in [0.4, 0.5) is 0 Å². The molecule has 0 aromatic heterocycles. The Morgan fingerprint density at radius 2 is 2.04 bits per heavy atom. The van der Waals surface area contributed by atoms with Crippen LogP contribution in [0, 0.1) is 5.92 Å². The molecule has 2 heterocycles. The van der Waals surface area contributed by atoms with Crippen molar-refractivity contribution in [3.63, 3.8) is 0 Å². The van der Waals surface area contributed by atoms with Gasteiger partial charge in [0.25, 0.3) is 0 Å². The van der Waals surface area contributed by atoms with E-state index in [1.807, 2.05) is 11.0 Å². The van der Waals surface area contributed by atoms with Crippen molar-refractivity contribution in [2.75, 3.05) is 39.4 Å². The number of aliphatic hydroxyl groups excluding tert-OH is 1. The number of aliphatic hydroxyl groups is 1. The van der Waals surface area contributed by atoms with Crippen molar-refractivity contribution >= 4 is 5.91 Å². The first-order valence-electron chi connectivity index (χ1n) is 9.01. The average Bonchev–Trinajstić information content (AvgIpc) is 3.05. The van der Waals surface area contributed by atoms with Crippen molar-refractivity contribution in [2.24, 2.45) is 5.92 Å². The highest BCUT2D eigenvalue weighted by atomic mass is 16.5. The van der Waals surface area contributed by atoms with Crippen molar-refractivity contribution in [1.82, 2.24) is 9.80 Å². The summed E-state index contributed by atoms with van der Waals surface area (Å²) >= 11 is 0. The molecule has 1 aromatic carbocycles. The molecule has 2 aliphatic heterocycles. The van der Waals surface area contributed by atoms with Crippen molar-refractivity contribution in [2.45, 2.75) is 31.9 Å². The van der Waals surface area contributed by atoms with E-state index < -0.39 is 0 Å². The van der Waals surface area contributed by atoms with Gasteiger partial charge in [0.05, 0.1) is 19.1 Å². The first-order valence-corrected chi connectivity index (χ1v) is 9.01. The Bertz CT molecular complexity index is 523. The summed E-state index contributed by atoms with van der Waals surface area (Å²) in [6, 6.07) is 10.4. The molecule has 2 fully saturated rings. The number of rotatable bonds is 6. The minimum atomic E-state index is -0.00754. The van der Waals surface area contributed by atoms with E-state index in [1.165, 1.54) is 5.56 Å². The maximum absolute atomic E-state index is 12.5. The number of ether oxygens (including phenoxy) is 1. The molecule has 24 heavy (non-hydrogen) atoms. The Morgan fingerprint density at radius 3 is 2.83 bits per heavy atom. The second-order valence-corrected chi connectivity index (χ2v) is 6.92. The molecule has 2 aliphatic rings. The predicted octanol–water partition coefficient (Wildman–Crippen LogP) is 1.51. The molecule has 0 spiro atoms.